The highest BCUT2D eigenvalue weighted by atomic mass is 32.2. The van der Waals surface area contributed by atoms with Crippen LogP contribution in [0.25, 0.3) is 0 Å². The van der Waals surface area contributed by atoms with Crippen LogP contribution in [0.3, 0.4) is 0 Å². The number of nitrogens with one attached hydrogen (secondary N) is 1. The Hall–Kier alpha value is -1.45. The lowest BCUT2D eigenvalue weighted by Gasteiger charge is -2.21. The molecule has 0 heterocycles. The van der Waals surface area contributed by atoms with Gasteiger partial charge in [-0.3, -0.25) is 0 Å². The largest absolute Gasteiger partial charge is 0.242 e. The zero-order valence-corrected chi connectivity index (χ0v) is 11.3. The molecule has 0 aliphatic carbocycles. The van der Waals surface area contributed by atoms with Gasteiger partial charge in [-0.25, -0.2) is 12.8 Å². The average Bonchev–Trinajstić information content (AvgIpc) is 2.27. The van der Waals surface area contributed by atoms with Gasteiger partial charge in [-0.15, -0.1) is 0 Å². The third kappa shape index (κ3) is 3.06. The Kier molecular flexibility index (Phi) is 4.09. The molecule has 0 radical (unpaired) electrons. The fourth-order valence-electron chi connectivity index (χ4n) is 1.44. The number of aryl methyl sites for hydroxylation is 1. The fraction of sp³-hybridized carbons (Fsp3) is 0.417. The van der Waals surface area contributed by atoms with Crippen molar-refractivity contribution in [2.45, 2.75) is 37.6 Å². The van der Waals surface area contributed by atoms with Crippen molar-refractivity contribution in [3.63, 3.8) is 0 Å². The number of hydrogen-bond acceptors (Lipinski definition) is 3. The summed E-state index contributed by atoms with van der Waals surface area (Å²) in [4.78, 5) is -0.0150. The van der Waals surface area contributed by atoms with Crippen molar-refractivity contribution in [1.82, 2.24) is 4.72 Å². The maximum Gasteiger partial charge on any atom is 0.242 e. The van der Waals surface area contributed by atoms with Crippen molar-refractivity contribution >= 4 is 10.0 Å². The lowest BCUT2D eigenvalue weighted by atomic mass is 10.0. The van der Waals surface area contributed by atoms with Crippen molar-refractivity contribution in [2.75, 3.05) is 0 Å². The van der Waals surface area contributed by atoms with Crippen LogP contribution in [0.4, 0.5) is 4.39 Å². The topological polar surface area (TPSA) is 70.0 Å². The normalized spacial score (nSPS) is 14.8. The number of hydrogen-bond donors (Lipinski definition) is 1. The highest BCUT2D eigenvalue weighted by Gasteiger charge is 2.29. The first-order valence-corrected chi connectivity index (χ1v) is 6.94. The second kappa shape index (κ2) is 5.04. The Morgan fingerprint density at radius 3 is 2.56 bits per heavy atom. The molecule has 18 heavy (non-hydrogen) atoms. The smallest absolute Gasteiger partial charge is 0.207 e. The van der Waals surface area contributed by atoms with Crippen LogP contribution in [0.2, 0.25) is 0 Å². The summed E-state index contributed by atoms with van der Waals surface area (Å²) in [6.45, 7) is 4.72. The first-order chi connectivity index (χ1) is 8.24. The first kappa shape index (κ1) is 14.6. The van der Waals surface area contributed by atoms with E-state index in [-0.39, 0.29) is 4.90 Å². The summed E-state index contributed by atoms with van der Waals surface area (Å²) in [5.41, 5.74) is -0.862. The Balaban J connectivity index is 3.20. The van der Waals surface area contributed by atoms with Gasteiger partial charge in [-0.2, -0.15) is 9.98 Å². The molecule has 0 spiro atoms. The van der Waals surface area contributed by atoms with Crippen LogP contribution in [0.5, 0.6) is 0 Å². The molecule has 0 aliphatic rings. The first-order valence-electron chi connectivity index (χ1n) is 5.45. The number of benzene rings is 1. The van der Waals surface area contributed by atoms with Crippen molar-refractivity contribution in [1.29, 1.82) is 5.26 Å². The highest BCUT2D eigenvalue weighted by Crippen LogP contribution is 2.19. The number of sulfonamides is 1. The maximum absolute atomic E-state index is 12.9. The van der Waals surface area contributed by atoms with Gasteiger partial charge in [0, 0.05) is 0 Å². The molecule has 1 rings (SSSR count). The lowest BCUT2D eigenvalue weighted by molar-refractivity contribution is 0.494. The summed E-state index contributed by atoms with van der Waals surface area (Å²) in [6.07, 6.45) is 0.336. The van der Waals surface area contributed by atoms with Crippen molar-refractivity contribution in [2.24, 2.45) is 0 Å². The zero-order valence-electron chi connectivity index (χ0n) is 10.5. The molecule has 4 nitrogen and oxygen atoms in total. The van der Waals surface area contributed by atoms with Crippen molar-refractivity contribution in [3.05, 3.63) is 29.6 Å². The fourth-order valence-corrected chi connectivity index (χ4v) is 3.06. The van der Waals surface area contributed by atoms with E-state index in [2.05, 4.69) is 4.72 Å². The third-order valence-electron chi connectivity index (χ3n) is 2.74. The number of nitrogens with zero attached hydrogens (tertiary/aromatic N) is 1. The van der Waals surface area contributed by atoms with E-state index in [0.717, 1.165) is 12.1 Å². The summed E-state index contributed by atoms with van der Waals surface area (Å²) < 4.78 is 39.5. The number of halogens is 1. The predicted molar refractivity (Wildman–Crippen MR) is 65.8 cm³/mol. The van der Waals surface area contributed by atoms with Gasteiger partial charge < -0.3 is 0 Å². The van der Waals surface area contributed by atoms with E-state index in [1.165, 1.54) is 19.9 Å². The Morgan fingerprint density at radius 2 is 2.11 bits per heavy atom. The molecule has 0 fully saturated rings. The summed E-state index contributed by atoms with van der Waals surface area (Å²) in [7, 11) is -3.83. The van der Waals surface area contributed by atoms with Crippen LogP contribution >= 0.6 is 0 Å². The number of rotatable bonds is 4. The van der Waals surface area contributed by atoms with Gasteiger partial charge in [0.1, 0.15) is 11.4 Å². The van der Waals surface area contributed by atoms with E-state index < -0.39 is 21.4 Å². The SMILES string of the molecule is CCC(C)(C#N)NS(=O)(=O)c1ccc(F)cc1C. The maximum atomic E-state index is 12.9. The molecule has 1 aromatic rings. The van der Waals surface area contributed by atoms with Gasteiger partial charge >= 0.3 is 0 Å². The molecule has 0 bridgehead atoms. The molecule has 98 valence electrons. The minimum atomic E-state index is -3.83. The van der Waals surface area contributed by atoms with Crippen LogP contribution in [-0.2, 0) is 10.0 Å². The standard InChI is InChI=1S/C12H15FN2O2S/c1-4-12(3,8-14)15-18(16,17)11-6-5-10(13)7-9(11)2/h5-7,15H,4H2,1-3H3. The third-order valence-corrected chi connectivity index (χ3v) is 4.50. The van der Waals surface area contributed by atoms with Gasteiger partial charge in [0.2, 0.25) is 10.0 Å². The minimum absolute atomic E-state index is 0.0150. The summed E-state index contributed by atoms with van der Waals surface area (Å²) in [5, 5.41) is 8.97. The molecule has 6 heteroatoms. The molecule has 0 saturated carbocycles. The van der Waals surface area contributed by atoms with Crippen molar-refractivity contribution in [3.8, 4) is 6.07 Å². The molecular formula is C12H15FN2O2S. The average molecular weight is 270 g/mol. The zero-order chi connectivity index (χ0) is 14.0. The molecule has 0 amide bonds. The van der Waals surface area contributed by atoms with Gasteiger partial charge in [-0.05, 0) is 44.0 Å². The van der Waals surface area contributed by atoms with E-state index >= 15 is 0 Å². The van der Waals surface area contributed by atoms with E-state index in [1.54, 1.807) is 6.92 Å². The highest BCUT2D eigenvalue weighted by molar-refractivity contribution is 7.89. The van der Waals surface area contributed by atoms with E-state index in [9.17, 15) is 12.8 Å². The quantitative estimate of drug-likeness (QED) is 0.910. The minimum Gasteiger partial charge on any atom is -0.207 e. The Labute approximate surface area is 106 Å². The van der Waals surface area contributed by atoms with Gasteiger partial charge in [0.05, 0.1) is 11.0 Å². The van der Waals surface area contributed by atoms with Gasteiger partial charge in [0.25, 0.3) is 0 Å². The van der Waals surface area contributed by atoms with E-state index in [4.69, 9.17) is 5.26 Å². The molecule has 1 aromatic carbocycles. The van der Waals surface area contributed by atoms with Crippen LogP contribution in [0, 0.1) is 24.1 Å². The van der Waals surface area contributed by atoms with Crippen LogP contribution < -0.4 is 4.72 Å². The Morgan fingerprint density at radius 1 is 1.50 bits per heavy atom. The Bertz CT molecular complexity index is 593. The van der Waals surface area contributed by atoms with Crippen LogP contribution in [0.1, 0.15) is 25.8 Å². The molecular weight excluding hydrogens is 255 g/mol. The molecule has 0 aliphatic heterocycles. The molecule has 1 unspecified atom stereocenters. The van der Waals surface area contributed by atoms with Crippen LogP contribution in [-0.4, -0.2) is 14.0 Å². The van der Waals surface area contributed by atoms with Crippen molar-refractivity contribution < 1.29 is 12.8 Å². The second-order valence-corrected chi connectivity index (χ2v) is 5.96. The summed E-state index contributed by atoms with van der Waals surface area (Å²) in [6, 6.07) is 5.34. The second-order valence-electron chi connectivity index (χ2n) is 4.31. The molecule has 1 atom stereocenters. The molecule has 0 saturated heterocycles. The van der Waals surface area contributed by atoms with Gasteiger partial charge in [-0.1, -0.05) is 6.92 Å². The monoisotopic (exact) mass is 270 g/mol. The molecule has 1 N–H and O–H groups in total. The van der Waals surface area contributed by atoms with E-state index in [0.29, 0.717) is 12.0 Å². The van der Waals surface area contributed by atoms with Crippen LogP contribution in [0.15, 0.2) is 23.1 Å². The predicted octanol–water partition coefficient (Wildman–Crippen LogP) is 2.10. The van der Waals surface area contributed by atoms with Gasteiger partial charge in [0.15, 0.2) is 0 Å². The summed E-state index contributed by atoms with van der Waals surface area (Å²) in [5.74, 6) is -0.495. The summed E-state index contributed by atoms with van der Waals surface area (Å²) >= 11 is 0. The molecule has 0 aromatic heterocycles. The lowest BCUT2D eigenvalue weighted by Crippen LogP contribution is -2.44. The number of nitriles is 1. The van der Waals surface area contributed by atoms with E-state index in [1.807, 2.05) is 6.07 Å².